The number of methoxy groups -OCH3 is 1. The van der Waals surface area contributed by atoms with Crippen molar-refractivity contribution < 1.29 is 14.3 Å². The van der Waals surface area contributed by atoms with E-state index in [-0.39, 0.29) is 0 Å². The van der Waals surface area contributed by atoms with Crippen molar-refractivity contribution >= 4 is 38.9 Å². The van der Waals surface area contributed by atoms with Crippen molar-refractivity contribution in [3.8, 4) is 11.5 Å². The summed E-state index contributed by atoms with van der Waals surface area (Å²) in [6, 6.07) is 16.2. The molecule has 8 heteroatoms. The lowest BCUT2D eigenvalue weighted by molar-refractivity contribution is 0.0729. The molecule has 2 aromatic heterocycles. The number of thiazole rings is 1. The summed E-state index contributed by atoms with van der Waals surface area (Å²) in [5.41, 5.74) is 5.05. The number of hydrogen-bond acceptors (Lipinski definition) is 8. The van der Waals surface area contributed by atoms with Gasteiger partial charge in [0.2, 0.25) is 5.13 Å². The molecule has 0 unspecified atom stereocenters. The van der Waals surface area contributed by atoms with Crippen LogP contribution < -0.4 is 14.9 Å². The summed E-state index contributed by atoms with van der Waals surface area (Å²) in [6.45, 7) is 0. The van der Waals surface area contributed by atoms with Crippen molar-refractivity contribution in [3.63, 3.8) is 0 Å². The van der Waals surface area contributed by atoms with E-state index in [1.165, 1.54) is 30.8 Å². The summed E-state index contributed by atoms with van der Waals surface area (Å²) in [4.78, 5) is 20.6. The van der Waals surface area contributed by atoms with Gasteiger partial charge in [-0.25, -0.2) is 9.78 Å². The number of benzene rings is 2. The van der Waals surface area contributed by atoms with E-state index in [1.54, 1.807) is 36.5 Å². The molecule has 0 atom stereocenters. The van der Waals surface area contributed by atoms with Crippen LogP contribution in [0.15, 0.2) is 72.1 Å². The SMILES string of the molecule is COc1cc(/C=N\Nc2nc3ccccc3s2)ccc1OC(=O)c1ccncc1. The van der Waals surface area contributed by atoms with Crippen LogP contribution in [0.4, 0.5) is 5.13 Å². The van der Waals surface area contributed by atoms with Gasteiger partial charge in [0.05, 0.1) is 29.1 Å². The second-order valence-corrected chi connectivity index (χ2v) is 6.92. The average Bonchev–Trinajstić information content (AvgIpc) is 3.18. The first-order valence-electron chi connectivity index (χ1n) is 8.68. The summed E-state index contributed by atoms with van der Waals surface area (Å²) in [6.07, 6.45) is 4.71. The molecule has 0 aliphatic heterocycles. The Labute approximate surface area is 170 Å². The molecule has 4 aromatic rings. The van der Waals surface area contributed by atoms with Gasteiger partial charge in [-0.2, -0.15) is 5.10 Å². The van der Waals surface area contributed by atoms with Crippen LogP contribution in [-0.4, -0.2) is 29.3 Å². The number of carbonyl (C=O) groups is 1. The van der Waals surface area contributed by atoms with Gasteiger partial charge in [-0.3, -0.25) is 10.4 Å². The van der Waals surface area contributed by atoms with E-state index in [9.17, 15) is 4.79 Å². The molecule has 0 radical (unpaired) electrons. The van der Waals surface area contributed by atoms with Crippen LogP contribution in [0.25, 0.3) is 10.2 Å². The van der Waals surface area contributed by atoms with E-state index in [0.29, 0.717) is 22.2 Å². The summed E-state index contributed by atoms with van der Waals surface area (Å²) in [7, 11) is 1.51. The lowest BCUT2D eigenvalue weighted by Crippen LogP contribution is -2.09. The van der Waals surface area contributed by atoms with Crippen molar-refractivity contribution in [2.24, 2.45) is 5.10 Å². The molecule has 144 valence electrons. The highest BCUT2D eigenvalue weighted by atomic mass is 32.1. The van der Waals surface area contributed by atoms with E-state index in [4.69, 9.17) is 9.47 Å². The van der Waals surface area contributed by atoms with Gasteiger partial charge >= 0.3 is 5.97 Å². The van der Waals surface area contributed by atoms with Gasteiger partial charge < -0.3 is 9.47 Å². The van der Waals surface area contributed by atoms with E-state index >= 15 is 0 Å². The van der Waals surface area contributed by atoms with Gasteiger partial charge in [0.15, 0.2) is 11.5 Å². The third-order valence-corrected chi connectivity index (χ3v) is 4.92. The van der Waals surface area contributed by atoms with E-state index in [0.717, 1.165) is 15.8 Å². The normalized spacial score (nSPS) is 10.9. The molecule has 0 amide bonds. The Morgan fingerprint density at radius 2 is 1.93 bits per heavy atom. The lowest BCUT2D eigenvalue weighted by Gasteiger charge is -2.09. The highest BCUT2D eigenvalue weighted by Gasteiger charge is 2.12. The number of nitrogens with zero attached hydrogens (tertiary/aromatic N) is 3. The fourth-order valence-electron chi connectivity index (χ4n) is 2.58. The Morgan fingerprint density at radius 1 is 1.10 bits per heavy atom. The third kappa shape index (κ3) is 4.39. The molecule has 0 bridgehead atoms. The van der Waals surface area contributed by atoms with Crippen molar-refractivity contribution in [2.45, 2.75) is 0 Å². The van der Waals surface area contributed by atoms with Gasteiger partial charge in [0.1, 0.15) is 0 Å². The van der Waals surface area contributed by atoms with Crippen LogP contribution in [0.1, 0.15) is 15.9 Å². The second kappa shape index (κ2) is 8.49. The quantitative estimate of drug-likeness (QED) is 0.222. The molecule has 4 rings (SSSR count). The molecule has 0 fully saturated rings. The average molecular weight is 404 g/mol. The standard InChI is InChI=1S/C21H16N4O3S/c1-27-18-12-14(6-7-17(18)28-20(26)15-8-10-22-11-9-15)13-23-25-21-24-16-4-2-3-5-19(16)29-21/h2-13H,1H3,(H,24,25)/b23-13-. The largest absolute Gasteiger partial charge is 0.493 e. The first-order valence-corrected chi connectivity index (χ1v) is 9.49. The van der Waals surface area contributed by atoms with E-state index in [1.807, 2.05) is 24.3 Å². The molecule has 1 N–H and O–H groups in total. The Hall–Kier alpha value is -3.78. The highest BCUT2D eigenvalue weighted by molar-refractivity contribution is 7.22. The molecule has 0 aliphatic carbocycles. The zero-order chi connectivity index (χ0) is 20.1. The molecule has 0 saturated carbocycles. The number of ether oxygens (including phenoxy) is 2. The van der Waals surface area contributed by atoms with Gasteiger partial charge in [0, 0.05) is 12.4 Å². The van der Waals surface area contributed by atoms with Crippen molar-refractivity contribution in [1.82, 2.24) is 9.97 Å². The first kappa shape index (κ1) is 18.6. The van der Waals surface area contributed by atoms with E-state index < -0.39 is 5.97 Å². The number of nitrogens with one attached hydrogen (secondary N) is 1. The van der Waals surface area contributed by atoms with Crippen LogP contribution in [-0.2, 0) is 0 Å². The third-order valence-electron chi connectivity index (χ3n) is 3.97. The highest BCUT2D eigenvalue weighted by Crippen LogP contribution is 2.29. The van der Waals surface area contributed by atoms with Crippen molar-refractivity contribution in [1.29, 1.82) is 0 Å². The number of carbonyl (C=O) groups excluding carboxylic acids is 1. The number of hydrogen-bond donors (Lipinski definition) is 1. The maximum absolute atomic E-state index is 12.2. The lowest BCUT2D eigenvalue weighted by atomic mass is 10.2. The number of anilines is 1. The predicted molar refractivity (Wildman–Crippen MR) is 113 cm³/mol. The minimum atomic E-state index is -0.482. The molecule has 0 aliphatic rings. The van der Waals surface area contributed by atoms with Crippen molar-refractivity contribution in [3.05, 3.63) is 78.1 Å². The number of pyridine rings is 1. The molecule has 0 saturated heterocycles. The fourth-order valence-corrected chi connectivity index (χ4v) is 3.39. The molecule has 0 spiro atoms. The Balaban J connectivity index is 1.45. The van der Waals surface area contributed by atoms with Gasteiger partial charge in [-0.15, -0.1) is 0 Å². The number of rotatable bonds is 6. The van der Waals surface area contributed by atoms with Crippen molar-refractivity contribution in [2.75, 3.05) is 12.5 Å². The molecule has 2 heterocycles. The number of hydrazone groups is 1. The first-order chi connectivity index (χ1) is 14.2. The van der Waals surface area contributed by atoms with Crippen LogP contribution in [0.5, 0.6) is 11.5 Å². The summed E-state index contributed by atoms with van der Waals surface area (Å²) in [5.74, 6) is 0.270. The zero-order valence-electron chi connectivity index (χ0n) is 15.4. The second-order valence-electron chi connectivity index (χ2n) is 5.89. The number of aromatic nitrogens is 2. The van der Waals surface area contributed by atoms with Crippen LogP contribution in [0, 0.1) is 0 Å². The number of fused-ring (bicyclic) bond motifs is 1. The topological polar surface area (TPSA) is 85.7 Å². The number of esters is 1. The van der Waals surface area contributed by atoms with Crippen LogP contribution in [0.2, 0.25) is 0 Å². The minimum absolute atomic E-state index is 0.325. The molecule has 7 nitrogen and oxygen atoms in total. The maximum atomic E-state index is 12.2. The van der Waals surface area contributed by atoms with Gasteiger partial charge in [0.25, 0.3) is 0 Å². The molecule has 2 aromatic carbocycles. The Morgan fingerprint density at radius 3 is 2.72 bits per heavy atom. The van der Waals surface area contributed by atoms with Crippen LogP contribution >= 0.6 is 11.3 Å². The Bertz CT molecular complexity index is 1140. The van der Waals surface area contributed by atoms with E-state index in [2.05, 4.69) is 20.5 Å². The summed E-state index contributed by atoms with van der Waals surface area (Å²) in [5, 5.41) is 4.93. The summed E-state index contributed by atoms with van der Waals surface area (Å²) >= 11 is 1.52. The predicted octanol–water partition coefficient (Wildman–Crippen LogP) is 4.37. The summed E-state index contributed by atoms with van der Waals surface area (Å²) < 4.78 is 11.9. The van der Waals surface area contributed by atoms with Gasteiger partial charge in [-0.05, 0) is 48.0 Å². The fraction of sp³-hybridized carbons (Fsp3) is 0.0476. The van der Waals surface area contributed by atoms with Crippen LogP contribution in [0.3, 0.4) is 0 Å². The zero-order valence-corrected chi connectivity index (χ0v) is 16.2. The smallest absolute Gasteiger partial charge is 0.343 e. The number of para-hydroxylation sites is 1. The molecular weight excluding hydrogens is 388 g/mol. The monoisotopic (exact) mass is 404 g/mol. The maximum Gasteiger partial charge on any atom is 0.343 e. The molecular formula is C21H16N4O3S. The van der Waals surface area contributed by atoms with Gasteiger partial charge in [-0.1, -0.05) is 23.5 Å². The Kier molecular flexibility index (Phi) is 5.44. The molecule has 29 heavy (non-hydrogen) atoms. The minimum Gasteiger partial charge on any atom is -0.493 e.